The molecule has 10 nitrogen and oxygen atoms in total. The van der Waals surface area contributed by atoms with Crippen LogP contribution in [0.25, 0.3) is 10.8 Å². The van der Waals surface area contributed by atoms with E-state index in [2.05, 4.69) is 31.5 Å². The largest absolute Gasteiger partial charge is 0.496 e. The van der Waals surface area contributed by atoms with Crippen molar-refractivity contribution in [2.45, 2.75) is 56.2 Å². The third-order valence-corrected chi connectivity index (χ3v) is 8.38. The van der Waals surface area contributed by atoms with Gasteiger partial charge in [0.15, 0.2) is 0 Å². The van der Waals surface area contributed by atoms with Crippen molar-refractivity contribution in [2.75, 3.05) is 20.2 Å². The minimum Gasteiger partial charge on any atom is -0.496 e. The van der Waals surface area contributed by atoms with Crippen LogP contribution in [0.15, 0.2) is 41.0 Å². The number of nitrogens with one attached hydrogen (secondary N) is 2. The summed E-state index contributed by atoms with van der Waals surface area (Å²) in [5.74, 6) is -0.755. The van der Waals surface area contributed by atoms with E-state index in [4.69, 9.17) is 9.47 Å². The molecule has 0 radical (unpaired) electrons. The molecule has 4 unspecified atom stereocenters. The highest BCUT2D eigenvalue weighted by molar-refractivity contribution is 9.10. The van der Waals surface area contributed by atoms with Gasteiger partial charge in [0.05, 0.1) is 18.1 Å². The number of hydrogen-bond donors (Lipinski definition) is 3. The van der Waals surface area contributed by atoms with Gasteiger partial charge in [0, 0.05) is 35.9 Å². The molecule has 3 N–H and O–H groups in total. The standard InChI is InChI=1S/C27H31BrN4O6/c1-37-21-9-8-19-18(22(21)28)10-12-29-24(19)38-17-13-20-23(33)31-27(25(34)35)14-16(27)7-5-3-2-4-6-11-30-26(36)32(20)15-17/h5,7-10,12,16-17,20H,2-4,6,11,13-15H2,1H3,(H,30,36)(H,31,33)(H,34,35)/b7-5-. The highest BCUT2D eigenvalue weighted by Gasteiger charge is 2.61. The molecule has 0 bridgehead atoms. The van der Waals surface area contributed by atoms with Crippen molar-refractivity contribution in [1.82, 2.24) is 20.5 Å². The first-order valence-electron chi connectivity index (χ1n) is 12.9. The van der Waals surface area contributed by atoms with Crippen LogP contribution in [0.2, 0.25) is 0 Å². The fourth-order valence-electron chi connectivity index (χ4n) is 5.32. The van der Waals surface area contributed by atoms with Gasteiger partial charge < -0.3 is 30.1 Å². The second-order valence-corrected chi connectivity index (χ2v) is 10.8. The summed E-state index contributed by atoms with van der Waals surface area (Å²) in [4.78, 5) is 44.6. The molecule has 0 spiro atoms. The number of ether oxygens (including phenoxy) is 2. The summed E-state index contributed by atoms with van der Waals surface area (Å²) >= 11 is 3.57. The molecule has 1 aromatic carbocycles. The molecule has 38 heavy (non-hydrogen) atoms. The van der Waals surface area contributed by atoms with Crippen LogP contribution in [0.4, 0.5) is 4.79 Å². The lowest BCUT2D eigenvalue weighted by atomic mass is 10.1. The Morgan fingerprint density at radius 3 is 2.84 bits per heavy atom. The Labute approximate surface area is 228 Å². The highest BCUT2D eigenvalue weighted by Crippen LogP contribution is 2.45. The number of carboxylic acid groups (broad SMARTS) is 1. The maximum atomic E-state index is 13.4. The molecular weight excluding hydrogens is 556 g/mol. The van der Waals surface area contributed by atoms with Gasteiger partial charge in [-0.05, 0) is 59.8 Å². The van der Waals surface area contributed by atoms with Crippen LogP contribution in [0.3, 0.4) is 0 Å². The molecule has 2 fully saturated rings. The van der Waals surface area contributed by atoms with E-state index in [-0.39, 0.29) is 24.9 Å². The Balaban J connectivity index is 1.39. The molecule has 202 valence electrons. The maximum absolute atomic E-state index is 13.4. The molecule has 11 heteroatoms. The van der Waals surface area contributed by atoms with Crippen LogP contribution in [0.5, 0.6) is 11.6 Å². The number of halogens is 1. The van der Waals surface area contributed by atoms with E-state index in [9.17, 15) is 19.5 Å². The van der Waals surface area contributed by atoms with Gasteiger partial charge in [-0.2, -0.15) is 0 Å². The molecule has 2 aromatic rings. The lowest BCUT2D eigenvalue weighted by Crippen LogP contribution is -2.54. The Morgan fingerprint density at radius 1 is 1.21 bits per heavy atom. The summed E-state index contributed by atoms with van der Waals surface area (Å²) < 4.78 is 12.4. The van der Waals surface area contributed by atoms with E-state index in [0.717, 1.165) is 40.9 Å². The average molecular weight is 587 g/mol. The van der Waals surface area contributed by atoms with Crippen molar-refractivity contribution < 1.29 is 29.0 Å². The molecule has 3 aliphatic rings. The number of aromatic nitrogens is 1. The summed E-state index contributed by atoms with van der Waals surface area (Å²) in [5, 5.41) is 17.2. The maximum Gasteiger partial charge on any atom is 0.330 e. The lowest BCUT2D eigenvalue weighted by Gasteiger charge is -2.25. The van der Waals surface area contributed by atoms with Crippen molar-refractivity contribution >= 4 is 44.6 Å². The number of benzene rings is 1. The molecule has 3 heterocycles. The number of carboxylic acids is 1. The van der Waals surface area contributed by atoms with Gasteiger partial charge in [0.1, 0.15) is 23.4 Å². The number of nitrogens with zero attached hydrogens (tertiary/aromatic N) is 2. The van der Waals surface area contributed by atoms with Gasteiger partial charge in [-0.15, -0.1) is 0 Å². The zero-order valence-corrected chi connectivity index (χ0v) is 22.7. The van der Waals surface area contributed by atoms with Gasteiger partial charge in [0.25, 0.3) is 0 Å². The van der Waals surface area contributed by atoms with Gasteiger partial charge in [0.2, 0.25) is 11.8 Å². The second kappa shape index (κ2) is 10.8. The van der Waals surface area contributed by atoms with Gasteiger partial charge >= 0.3 is 12.0 Å². The fraction of sp³-hybridized carbons (Fsp3) is 0.481. The predicted molar refractivity (Wildman–Crippen MR) is 143 cm³/mol. The minimum absolute atomic E-state index is 0.169. The van der Waals surface area contributed by atoms with Crippen molar-refractivity contribution in [3.63, 3.8) is 0 Å². The summed E-state index contributed by atoms with van der Waals surface area (Å²) in [6.07, 6.45) is 9.13. The summed E-state index contributed by atoms with van der Waals surface area (Å²) in [6.45, 7) is 0.671. The molecule has 1 aromatic heterocycles. The number of allylic oxidation sites excluding steroid dienone is 1. The number of hydrogen-bond acceptors (Lipinski definition) is 6. The third kappa shape index (κ3) is 5.03. The van der Waals surface area contributed by atoms with E-state index in [1.54, 1.807) is 13.3 Å². The molecule has 2 aliphatic heterocycles. The van der Waals surface area contributed by atoms with Crippen molar-refractivity contribution in [1.29, 1.82) is 0 Å². The number of methoxy groups -OCH3 is 1. The predicted octanol–water partition coefficient (Wildman–Crippen LogP) is 3.63. The monoisotopic (exact) mass is 586 g/mol. The van der Waals surface area contributed by atoms with Crippen molar-refractivity contribution in [3.8, 4) is 11.6 Å². The Hall–Kier alpha value is -3.34. The average Bonchev–Trinajstić information content (AvgIpc) is 3.43. The van der Waals surface area contributed by atoms with E-state index >= 15 is 0 Å². The zero-order chi connectivity index (χ0) is 26.9. The minimum atomic E-state index is -1.34. The third-order valence-electron chi connectivity index (χ3n) is 7.57. The quantitative estimate of drug-likeness (QED) is 0.466. The summed E-state index contributed by atoms with van der Waals surface area (Å²) in [5.41, 5.74) is -1.34. The van der Waals surface area contributed by atoms with Gasteiger partial charge in [-0.1, -0.05) is 18.6 Å². The lowest BCUT2D eigenvalue weighted by molar-refractivity contribution is -0.144. The molecule has 3 amide bonds. The fourth-order valence-corrected chi connectivity index (χ4v) is 5.96. The number of carbonyl (C=O) groups excluding carboxylic acids is 2. The van der Waals surface area contributed by atoms with Gasteiger partial charge in [-0.3, -0.25) is 4.79 Å². The first-order valence-corrected chi connectivity index (χ1v) is 13.7. The van der Waals surface area contributed by atoms with Crippen LogP contribution in [-0.4, -0.2) is 70.8 Å². The smallest absolute Gasteiger partial charge is 0.330 e. The number of carbonyl (C=O) groups is 3. The number of pyridine rings is 1. The topological polar surface area (TPSA) is 130 Å². The first-order chi connectivity index (χ1) is 18.3. The van der Waals surface area contributed by atoms with E-state index in [0.29, 0.717) is 24.6 Å². The molecule has 4 atom stereocenters. The number of fused-ring (bicyclic) bond motifs is 3. The first kappa shape index (κ1) is 26.3. The number of amides is 3. The van der Waals surface area contributed by atoms with E-state index in [1.165, 1.54) is 4.90 Å². The SMILES string of the molecule is COc1ccc2c(OC3CC4C(=O)NC5(C(=O)O)CC5/C=C\CCCCCNC(=O)N4C3)nccc2c1Br. The highest BCUT2D eigenvalue weighted by atomic mass is 79.9. The molecule has 1 saturated carbocycles. The Kier molecular flexibility index (Phi) is 7.47. The number of aliphatic carboxylic acids is 1. The van der Waals surface area contributed by atoms with E-state index in [1.807, 2.05) is 30.4 Å². The van der Waals surface area contributed by atoms with Crippen LogP contribution in [0.1, 0.15) is 38.5 Å². The van der Waals surface area contributed by atoms with E-state index < -0.39 is 29.6 Å². The van der Waals surface area contributed by atoms with Crippen molar-refractivity contribution in [3.05, 3.63) is 41.0 Å². The van der Waals surface area contributed by atoms with Crippen LogP contribution in [0, 0.1) is 5.92 Å². The molecule has 1 saturated heterocycles. The molecule has 5 rings (SSSR count). The zero-order valence-electron chi connectivity index (χ0n) is 21.1. The Bertz CT molecular complexity index is 1290. The van der Waals surface area contributed by atoms with Crippen molar-refractivity contribution in [2.24, 2.45) is 5.92 Å². The second-order valence-electron chi connectivity index (χ2n) is 10.0. The van der Waals surface area contributed by atoms with Crippen LogP contribution >= 0.6 is 15.9 Å². The summed E-state index contributed by atoms with van der Waals surface area (Å²) in [6, 6.07) is 4.28. The van der Waals surface area contributed by atoms with Crippen LogP contribution < -0.4 is 20.1 Å². The molecular formula is C27H31BrN4O6. The van der Waals surface area contributed by atoms with Gasteiger partial charge in [-0.25, -0.2) is 14.6 Å². The number of urea groups is 1. The normalized spacial score (nSPS) is 28.7. The molecule has 1 aliphatic carbocycles. The Morgan fingerprint density at radius 2 is 2.05 bits per heavy atom. The summed E-state index contributed by atoms with van der Waals surface area (Å²) in [7, 11) is 1.59. The number of rotatable bonds is 4. The van der Waals surface area contributed by atoms with Crippen LogP contribution in [-0.2, 0) is 9.59 Å².